The standard InChI is InChI=1S/C8H17N.C2H6/c1-8(2)6-4-5-7-9-3;1-2/h6,9H,4-5,7H2,1-3H3;1-2H3. The lowest BCUT2D eigenvalue weighted by molar-refractivity contribution is 0.733. The average Bonchev–Trinajstić information content (AvgIpc) is 2.02. The van der Waals surface area contributed by atoms with Crippen molar-refractivity contribution in [3.8, 4) is 0 Å². The van der Waals surface area contributed by atoms with Crippen LogP contribution < -0.4 is 5.32 Å². The summed E-state index contributed by atoms with van der Waals surface area (Å²) in [5, 5.41) is 3.11. The fourth-order valence-corrected chi connectivity index (χ4v) is 0.670. The van der Waals surface area contributed by atoms with Crippen molar-refractivity contribution in [3.63, 3.8) is 0 Å². The maximum Gasteiger partial charge on any atom is -0.00490 e. The molecule has 0 saturated carbocycles. The summed E-state index contributed by atoms with van der Waals surface area (Å²) in [6.07, 6.45) is 4.74. The number of hydrogen-bond donors (Lipinski definition) is 1. The van der Waals surface area contributed by atoms with Gasteiger partial charge in [0.05, 0.1) is 0 Å². The molecule has 1 nitrogen and oxygen atoms in total. The van der Waals surface area contributed by atoms with Gasteiger partial charge in [-0.15, -0.1) is 0 Å². The van der Waals surface area contributed by atoms with E-state index in [1.165, 1.54) is 18.4 Å². The smallest absolute Gasteiger partial charge is 0.00490 e. The first-order chi connectivity index (χ1) is 5.27. The summed E-state index contributed by atoms with van der Waals surface area (Å²) in [6.45, 7) is 9.41. The Morgan fingerprint density at radius 2 is 1.82 bits per heavy atom. The molecule has 1 heteroatoms. The minimum Gasteiger partial charge on any atom is -0.320 e. The van der Waals surface area contributed by atoms with Gasteiger partial charge in [-0.1, -0.05) is 25.5 Å². The minimum atomic E-state index is 1.13. The number of unbranched alkanes of at least 4 members (excludes halogenated alkanes) is 1. The van der Waals surface area contributed by atoms with E-state index in [1.807, 2.05) is 20.9 Å². The predicted molar refractivity (Wildman–Crippen MR) is 53.9 cm³/mol. The van der Waals surface area contributed by atoms with Gasteiger partial charge in [-0.05, 0) is 40.3 Å². The molecular formula is C10H23N. The van der Waals surface area contributed by atoms with E-state index in [1.54, 1.807) is 0 Å². The van der Waals surface area contributed by atoms with Crippen LogP contribution in [0.4, 0.5) is 0 Å². The number of nitrogens with one attached hydrogen (secondary N) is 1. The van der Waals surface area contributed by atoms with E-state index < -0.39 is 0 Å². The molecule has 1 N–H and O–H groups in total. The molecule has 0 unspecified atom stereocenters. The van der Waals surface area contributed by atoms with Crippen LogP contribution in [0.1, 0.15) is 40.5 Å². The molecule has 0 amide bonds. The molecule has 0 rings (SSSR count). The maximum absolute atomic E-state index is 3.11. The summed E-state index contributed by atoms with van der Waals surface area (Å²) in [5.74, 6) is 0. The third-order valence-electron chi connectivity index (χ3n) is 1.18. The van der Waals surface area contributed by atoms with Crippen molar-refractivity contribution in [2.45, 2.75) is 40.5 Å². The lowest BCUT2D eigenvalue weighted by Crippen LogP contribution is -2.06. The molecule has 0 aromatic carbocycles. The molecule has 0 aromatic rings. The van der Waals surface area contributed by atoms with Crippen molar-refractivity contribution in [2.75, 3.05) is 13.6 Å². The molecule has 0 atom stereocenters. The second kappa shape index (κ2) is 12.4. The zero-order chi connectivity index (χ0) is 9.11. The van der Waals surface area contributed by atoms with Gasteiger partial charge < -0.3 is 5.32 Å². The summed E-state index contributed by atoms with van der Waals surface area (Å²) in [5.41, 5.74) is 1.42. The van der Waals surface area contributed by atoms with Crippen molar-refractivity contribution < 1.29 is 0 Å². The lowest BCUT2D eigenvalue weighted by atomic mass is 10.2. The molecule has 0 spiro atoms. The first-order valence-electron chi connectivity index (χ1n) is 4.55. The van der Waals surface area contributed by atoms with Gasteiger partial charge >= 0.3 is 0 Å². The van der Waals surface area contributed by atoms with Crippen molar-refractivity contribution >= 4 is 0 Å². The summed E-state index contributed by atoms with van der Waals surface area (Å²) < 4.78 is 0. The molecule has 0 aliphatic carbocycles. The Hall–Kier alpha value is -0.300. The summed E-state index contributed by atoms with van der Waals surface area (Å²) in [4.78, 5) is 0. The second-order valence-electron chi connectivity index (χ2n) is 2.53. The van der Waals surface area contributed by atoms with Crippen molar-refractivity contribution in [2.24, 2.45) is 0 Å². The van der Waals surface area contributed by atoms with Gasteiger partial charge in [0.25, 0.3) is 0 Å². The Morgan fingerprint density at radius 3 is 2.18 bits per heavy atom. The highest BCUT2D eigenvalue weighted by Crippen LogP contribution is 1.94. The van der Waals surface area contributed by atoms with Gasteiger partial charge in [-0.3, -0.25) is 0 Å². The summed E-state index contributed by atoms with van der Waals surface area (Å²) >= 11 is 0. The highest BCUT2D eigenvalue weighted by Gasteiger charge is 1.80. The Kier molecular flexibility index (Phi) is 15.0. The van der Waals surface area contributed by atoms with Gasteiger partial charge in [0.15, 0.2) is 0 Å². The highest BCUT2D eigenvalue weighted by molar-refractivity contribution is 4.92. The van der Waals surface area contributed by atoms with E-state index in [0.29, 0.717) is 0 Å². The largest absolute Gasteiger partial charge is 0.320 e. The van der Waals surface area contributed by atoms with Gasteiger partial charge in [0.2, 0.25) is 0 Å². The first kappa shape index (κ1) is 13.3. The third kappa shape index (κ3) is 17.7. The third-order valence-corrected chi connectivity index (χ3v) is 1.18. The molecule has 0 aliphatic rings. The van der Waals surface area contributed by atoms with Crippen LogP contribution in [-0.2, 0) is 0 Å². The molecule has 0 aliphatic heterocycles. The zero-order valence-electron chi connectivity index (χ0n) is 8.70. The number of allylic oxidation sites excluding steroid dienone is 2. The fraction of sp³-hybridized carbons (Fsp3) is 0.800. The SMILES string of the molecule is CC.CNCCCC=C(C)C. The fourth-order valence-electron chi connectivity index (χ4n) is 0.670. The Balaban J connectivity index is 0. The Labute approximate surface area is 71.9 Å². The van der Waals surface area contributed by atoms with Crippen molar-refractivity contribution in [1.82, 2.24) is 5.32 Å². The normalized spacial score (nSPS) is 8.09. The molecule has 0 saturated heterocycles. The van der Waals surface area contributed by atoms with E-state index in [2.05, 4.69) is 25.2 Å². The van der Waals surface area contributed by atoms with E-state index in [-0.39, 0.29) is 0 Å². The maximum atomic E-state index is 3.11. The summed E-state index contributed by atoms with van der Waals surface area (Å²) in [7, 11) is 1.99. The van der Waals surface area contributed by atoms with Crippen LogP contribution in [0.15, 0.2) is 11.6 Å². The topological polar surface area (TPSA) is 12.0 Å². The molecule has 0 radical (unpaired) electrons. The van der Waals surface area contributed by atoms with Gasteiger partial charge in [0, 0.05) is 0 Å². The lowest BCUT2D eigenvalue weighted by Gasteiger charge is -1.94. The molecule has 0 aromatic heterocycles. The molecule has 0 bridgehead atoms. The van der Waals surface area contributed by atoms with Crippen LogP contribution in [0.5, 0.6) is 0 Å². The van der Waals surface area contributed by atoms with Crippen molar-refractivity contribution in [1.29, 1.82) is 0 Å². The van der Waals surface area contributed by atoms with Crippen molar-refractivity contribution in [3.05, 3.63) is 11.6 Å². The molecule has 68 valence electrons. The van der Waals surface area contributed by atoms with E-state index >= 15 is 0 Å². The molecule has 11 heavy (non-hydrogen) atoms. The zero-order valence-corrected chi connectivity index (χ0v) is 8.70. The van der Waals surface area contributed by atoms with Crippen LogP contribution in [0.3, 0.4) is 0 Å². The highest BCUT2D eigenvalue weighted by atomic mass is 14.8. The molecule has 0 heterocycles. The Morgan fingerprint density at radius 1 is 1.27 bits per heavy atom. The van der Waals surface area contributed by atoms with Crippen LogP contribution in [0.25, 0.3) is 0 Å². The van der Waals surface area contributed by atoms with Gasteiger partial charge in [-0.2, -0.15) is 0 Å². The van der Waals surface area contributed by atoms with Crippen LogP contribution in [0, 0.1) is 0 Å². The molecule has 0 fully saturated rings. The Bertz CT molecular complexity index is 80.9. The first-order valence-corrected chi connectivity index (χ1v) is 4.55. The van der Waals surface area contributed by atoms with Gasteiger partial charge in [-0.25, -0.2) is 0 Å². The summed E-state index contributed by atoms with van der Waals surface area (Å²) in [6, 6.07) is 0. The minimum absolute atomic E-state index is 1.13. The van der Waals surface area contributed by atoms with Crippen LogP contribution in [0.2, 0.25) is 0 Å². The predicted octanol–water partition coefficient (Wildman–Crippen LogP) is 2.98. The average molecular weight is 157 g/mol. The second-order valence-corrected chi connectivity index (χ2v) is 2.53. The number of rotatable bonds is 4. The molecular weight excluding hydrogens is 134 g/mol. The van der Waals surface area contributed by atoms with Crippen LogP contribution in [-0.4, -0.2) is 13.6 Å². The van der Waals surface area contributed by atoms with Gasteiger partial charge in [0.1, 0.15) is 0 Å². The quantitative estimate of drug-likeness (QED) is 0.488. The van der Waals surface area contributed by atoms with E-state index in [0.717, 1.165) is 6.54 Å². The number of hydrogen-bond acceptors (Lipinski definition) is 1. The monoisotopic (exact) mass is 157 g/mol. The van der Waals surface area contributed by atoms with Crippen LogP contribution >= 0.6 is 0 Å². The van der Waals surface area contributed by atoms with E-state index in [4.69, 9.17) is 0 Å². The van der Waals surface area contributed by atoms with E-state index in [9.17, 15) is 0 Å².